The van der Waals surface area contributed by atoms with E-state index in [2.05, 4.69) is 4.72 Å². The van der Waals surface area contributed by atoms with E-state index in [9.17, 15) is 18.5 Å². The Kier molecular flexibility index (Phi) is 3.98. The quantitative estimate of drug-likeness (QED) is 0.686. The van der Waals surface area contributed by atoms with Crippen LogP contribution < -0.4 is 4.72 Å². The molecule has 0 aliphatic rings. The third kappa shape index (κ3) is 3.09. The molecule has 6 nitrogen and oxygen atoms in total. The molecule has 0 radical (unpaired) electrons. The van der Waals surface area contributed by atoms with Crippen LogP contribution in [0.2, 0.25) is 4.34 Å². The number of hydrogen-bond acceptors (Lipinski definition) is 5. The highest BCUT2D eigenvalue weighted by Gasteiger charge is 2.25. The molecule has 1 N–H and O–H groups in total. The predicted molar refractivity (Wildman–Crippen MR) is 78.0 cm³/mol. The second kappa shape index (κ2) is 5.39. The summed E-state index contributed by atoms with van der Waals surface area (Å²) in [6.07, 6.45) is 0. The summed E-state index contributed by atoms with van der Waals surface area (Å²) < 4.78 is 26.2. The summed E-state index contributed by atoms with van der Waals surface area (Å²) in [5.74, 6) is 0. The fourth-order valence-corrected chi connectivity index (χ4v) is 4.15. The highest BCUT2D eigenvalue weighted by Crippen LogP contribution is 2.36. The lowest BCUT2D eigenvalue weighted by Gasteiger charge is -2.05. The number of nitrogens with zero attached hydrogens (tertiary/aromatic N) is 1. The van der Waals surface area contributed by atoms with Crippen LogP contribution in [0.25, 0.3) is 0 Å². The van der Waals surface area contributed by atoms with Crippen LogP contribution in [0.5, 0.6) is 0 Å². The Labute approximate surface area is 124 Å². The minimum Gasteiger partial charge on any atom is -0.279 e. The molecule has 2 rings (SSSR count). The van der Waals surface area contributed by atoms with Crippen molar-refractivity contribution in [3.63, 3.8) is 0 Å². The average molecular weight is 333 g/mol. The van der Waals surface area contributed by atoms with Crippen LogP contribution in [0.3, 0.4) is 0 Å². The summed E-state index contributed by atoms with van der Waals surface area (Å²) in [5.41, 5.74) is 0.950. The van der Waals surface area contributed by atoms with Gasteiger partial charge in [-0.2, -0.15) is 0 Å². The zero-order chi connectivity index (χ0) is 14.9. The molecule has 1 heterocycles. The lowest BCUT2D eigenvalue weighted by molar-refractivity contribution is -0.384. The van der Waals surface area contributed by atoms with Crippen LogP contribution in [0.1, 0.15) is 5.56 Å². The molecule has 0 aliphatic heterocycles. The van der Waals surface area contributed by atoms with E-state index < -0.39 is 20.6 Å². The summed E-state index contributed by atoms with van der Waals surface area (Å²) in [4.78, 5) is 9.95. The average Bonchev–Trinajstić information content (AvgIpc) is 2.75. The third-order valence-electron chi connectivity index (χ3n) is 2.41. The third-order valence-corrected chi connectivity index (χ3v) is 5.60. The van der Waals surface area contributed by atoms with Crippen molar-refractivity contribution in [3.05, 3.63) is 50.3 Å². The zero-order valence-corrected chi connectivity index (χ0v) is 12.6. The Hall–Kier alpha value is -1.64. The number of nitrogens with one attached hydrogen (secondary N) is 1. The Balaban J connectivity index is 2.33. The topological polar surface area (TPSA) is 89.3 Å². The number of nitro groups is 1. The van der Waals surface area contributed by atoms with Gasteiger partial charge in [0.25, 0.3) is 15.7 Å². The normalized spacial score (nSPS) is 11.3. The first kappa shape index (κ1) is 14.8. The minimum atomic E-state index is -3.88. The van der Waals surface area contributed by atoms with Crippen LogP contribution in [0.15, 0.2) is 34.5 Å². The number of benzene rings is 1. The van der Waals surface area contributed by atoms with Gasteiger partial charge in [-0.25, -0.2) is 8.42 Å². The van der Waals surface area contributed by atoms with Gasteiger partial charge >= 0.3 is 0 Å². The van der Waals surface area contributed by atoms with Crippen LogP contribution >= 0.6 is 22.9 Å². The number of thiophene rings is 1. The van der Waals surface area contributed by atoms with Crippen molar-refractivity contribution in [2.24, 2.45) is 0 Å². The molecule has 0 atom stereocenters. The Bertz CT molecular complexity index is 753. The van der Waals surface area contributed by atoms with E-state index in [-0.39, 0.29) is 8.55 Å². The first-order chi connectivity index (χ1) is 9.29. The molecular formula is C11H9ClN2O4S2. The van der Waals surface area contributed by atoms with Crippen molar-refractivity contribution in [2.75, 3.05) is 4.72 Å². The van der Waals surface area contributed by atoms with Crippen molar-refractivity contribution in [1.82, 2.24) is 0 Å². The van der Waals surface area contributed by atoms with Crippen molar-refractivity contribution in [2.45, 2.75) is 11.1 Å². The summed E-state index contributed by atoms with van der Waals surface area (Å²) in [6.45, 7) is 1.88. The maximum atomic E-state index is 12.1. The summed E-state index contributed by atoms with van der Waals surface area (Å²) in [5, 5.41) is 10.7. The van der Waals surface area contributed by atoms with Gasteiger partial charge in [-0.05, 0) is 19.1 Å². The number of sulfonamides is 1. The van der Waals surface area contributed by atoms with Crippen molar-refractivity contribution >= 4 is 44.3 Å². The molecule has 0 unspecified atom stereocenters. The number of hydrogen-bond donors (Lipinski definition) is 1. The Morgan fingerprint density at radius 1 is 1.30 bits per heavy atom. The Morgan fingerprint density at radius 2 is 1.90 bits per heavy atom. The van der Waals surface area contributed by atoms with Gasteiger partial charge in [0.15, 0.2) is 4.34 Å². The highest BCUT2D eigenvalue weighted by molar-refractivity contribution is 7.94. The van der Waals surface area contributed by atoms with E-state index in [1.54, 1.807) is 24.3 Å². The molecule has 0 saturated heterocycles. The predicted octanol–water partition coefficient (Wildman–Crippen LogP) is 3.42. The largest absolute Gasteiger partial charge is 0.300 e. The minimum absolute atomic E-state index is 0.167. The molecule has 0 bridgehead atoms. The van der Waals surface area contributed by atoms with Gasteiger partial charge in [0.2, 0.25) is 0 Å². The lowest BCUT2D eigenvalue weighted by atomic mass is 10.2. The van der Waals surface area contributed by atoms with Crippen LogP contribution in [-0.2, 0) is 10.0 Å². The zero-order valence-electron chi connectivity index (χ0n) is 10.2. The molecule has 0 amide bonds. The van der Waals surface area contributed by atoms with Crippen molar-refractivity contribution < 1.29 is 13.3 Å². The van der Waals surface area contributed by atoms with E-state index in [4.69, 9.17) is 11.6 Å². The van der Waals surface area contributed by atoms with Gasteiger partial charge in [-0.15, -0.1) is 11.3 Å². The van der Waals surface area contributed by atoms with Gasteiger partial charge in [0.05, 0.1) is 4.92 Å². The van der Waals surface area contributed by atoms with Gasteiger partial charge in [0, 0.05) is 11.8 Å². The fourth-order valence-electron chi connectivity index (χ4n) is 1.42. The molecule has 0 saturated carbocycles. The summed E-state index contributed by atoms with van der Waals surface area (Å²) in [7, 11) is -3.88. The second-order valence-corrected chi connectivity index (χ2v) is 7.52. The van der Waals surface area contributed by atoms with Gasteiger partial charge in [-0.3, -0.25) is 14.8 Å². The molecule has 106 valence electrons. The summed E-state index contributed by atoms with van der Waals surface area (Å²) >= 11 is 6.30. The van der Waals surface area contributed by atoms with Crippen LogP contribution in [-0.4, -0.2) is 13.3 Å². The molecule has 20 heavy (non-hydrogen) atoms. The van der Waals surface area contributed by atoms with Crippen molar-refractivity contribution in [1.29, 1.82) is 0 Å². The fraction of sp³-hybridized carbons (Fsp3) is 0.0909. The molecule has 0 fully saturated rings. The van der Waals surface area contributed by atoms with E-state index in [0.717, 1.165) is 11.6 Å². The molecular weight excluding hydrogens is 324 g/mol. The standard InChI is InChI=1S/C11H9ClN2O4S2/c1-7-2-4-8(5-3-7)13-20(17,18)10-6-9(14(15)16)11(12)19-10/h2-6,13H,1H3. The first-order valence-electron chi connectivity index (χ1n) is 5.33. The summed E-state index contributed by atoms with van der Waals surface area (Å²) in [6, 6.07) is 7.67. The van der Waals surface area contributed by atoms with E-state index >= 15 is 0 Å². The number of rotatable bonds is 4. The number of aryl methyl sites for hydroxylation is 1. The lowest BCUT2D eigenvalue weighted by Crippen LogP contribution is -2.11. The van der Waals surface area contributed by atoms with E-state index in [1.807, 2.05) is 6.92 Å². The van der Waals surface area contributed by atoms with Gasteiger partial charge in [0.1, 0.15) is 4.21 Å². The SMILES string of the molecule is Cc1ccc(NS(=O)(=O)c2cc([N+](=O)[O-])c(Cl)s2)cc1. The van der Waals surface area contributed by atoms with Gasteiger partial charge in [-0.1, -0.05) is 29.3 Å². The molecule has 0 spiro atoms. The molecule has 0 aliphatic carbocycles. The second-order valence-electron chi connectivity index (χ2n) is 3.95. The highest BCUT2D eigenvalue weighted by atomic mass is 35.5. The van der Waals surface area contributed by atoms with Gasteiger partial charge < -0.3 is 0 Å². The van der Waals surface area contributed by atoms with Crippen molar-refractivity contribution in [3.8, 4) is 0 Å². The number of halogens is 1. The number of anilines is 1. The molecule has 1 aromatic heterocycles. The smallest absolute Gasteiger partial charge is 0.279 e. The van der Waals surface area contributed by atoms with E-state index in [1.165, 1.54) is 0 Å². The Morgan fingerprint density at radius 3 is 2.40 bits per heavy atom. The maximum absolute atomic E-state index is 12.1. The molecule has 9 heteroatoms. The first-order valence-corrected chi connectivity index (χ1v) is 8.00. The van der Waals surface area contributed by atoms with Crippen LogP contribution in [0.4, 0.5) is 11.4 Å². The molecule has 1 aromatic carbocycles. The molecule has 2 aromatic rings. The monoisotopic (exact) mass is 332 g/mol. The van der Waals surface area contributed by atoms with Crippen LogP contribution in [0, 0.1) is 17.0 Å². The van der Waals surface area contributed by atoms with E-state index in [0.29, 0.717) is 17.0 Å². The maximum Gasteiger partial charge on any atom is 0.300 e.